The van der Waals surface area contributed by atoms with Crippen LogP contribution in [-0.4, -0.2) is 36.2 Å². The molecule has 1 heterocycles. The van der Waals surface area contributed by atoms with Gasteiger partial charge in [0, 0.05) is 17.5 Å². The number of carboxylic acids is 1. The highest BCUT2D eigenvalue weighted by Crippen LogP contribution is 2.23. The van der Waals surface area contributed by atoms with E-state index in [0.29, 0.717) is 16.0 Å². The second-order valence-corrected chi connectivity index (χ2v) is 5.75. The molecule has 0 aliphatic heterocycles. The Hall–Kier alpha value is -2.05. The Balaban J connectivity index is 2.22. The first-order valence-electron chi connectivity index (χ1n) is 6.55. The van der Waals surface area contributed by atoms with E-state index >= 15 is 0 Å². The number of halogens is 1. The molecular formula is C15H16ClNO5. The summed E-state index contributed by atoms with van der Waals surface area (Å²) in [6.07, 6.45) is -0.265. The Morgan fingerprint density at radius 2 is 2.14 bits per heavy atom. The van der Waals surface area contributed by atoms with Gasteiger partial charge in [-0.25, -0.2) is 0 Å². The van der Waals surface area contributed by atoms with Crippen molar-refractivity contribution in [1.82, 2.24) is 5.32 Å². The molecule has 1 amide bonds. The highest BCUT2D eigenvalue weighted by atomic mass is 35.5. The molecule has 1 atom stereocenters. The number of nitrogens with one attached hydrogen (secondary N) is 1. The molecule has 0 aliphatic carbocycles. The van der Waals surface area contributed by atoms with E-state index in [4.69, 9.17) is 25.9 Å². The zero-order valence-electron chi connectivity index (χ0n) is 12.2. The third-order valence-electron chi connectivity index (χ3n) is 3.12. The van der Waals surface area contributed by atoms with E-state index in [1.807, 2.05) is 0 Å². The number of amides is 1. The standard InChI is InChI=1S/C15H16ClNO5/c1-15(8-21-2,7-13(18)19)17-14(20)12-6-9-5-10(16)3-4-11(9)22-12/h3-6H,7-8H2,1-2H3,(H,17,20)(H,18,19). The lowest BCUT2D eigenvalue weighted by molar-refractivity contribution is -0.139. The molecule has 118 valence electrons. The number of rotatable bonds is 6. The lowest BCUT2D eigenvalue weighted by atomic mass is 9.99. The summed E-state index contributed by atoms with van der Waals surface area (Å²) >= 11 is 5.89. The fourth-order valence-corrected chi connectivity index (χ4v) is 2.43. The molecule has 0 spiro atoms. The topological polar surface area (TPSA) is 88.8 Å². The number of ether oxygens (including phenoxy) is 1. The summed E-state index contributed by atoms with van der Waals surface area (Å²) in [5.41, 5.74) is -0.505. The Bertz CT molecular complexity index is 711. The molecule has 1 unspecified atom stereocenters. The van der Waals surface area contributed by atoms with Crippen LogP contribution in [0.25, 0.3) is 11.0 Å². The number of hydrogen-bond acceptors (Lipinski definition) is 4. The van der Waals surface area contributed by atoms with Gasteiger partial charge in [0.05, 0.1) is 18.6 Å². The zero-order valence-corrected chi connectivity index (χ0v) is 12.9. The van der Waals surface area contributed by atoms with E-state index in [0.717, 1.165) is 0 Å². The van der Waals surface area contributed by atoms with Gasteiger partial charge in [-0.15, -0.1) is 0 Å². The summed E-state index contributed by atoms with van der Waals surface area (Å²) in [5.74, 6) is -1.45. The van der Waals surface area contributed by atoms with Crippen molar-refractivity contribution in [2.75, 3.05) is 13.7 Å². The van der Waals surface area contributed by atoms with Crippen LogP contribution in [0.2, 0.25) is 5.02 Å². The minimum Gasteiger partial charge on any atom is -0.481 e. The number of hydrogen-bond donors (Lipinski definition) is 2. The van der Waals surface area contributed by atoms with Crippen molar-refractivity contribution in [3.8, 4) is 0 Å². The third kappa shape index (κ3) is 3.78. The molecule has 0 saturated heterocycles. The number of benzene rings is 1. The van der Waals surface area contributed by atoms with E-state index < -0.39 is 17.4 Å². The number of carbonyl (C=O) groups excluding carboxylic acids is 1. The highest BCUT2D eigenvalue weighted by molar-refractivity contribution is 6.31. The quantitative estimate of drug-likeness (QED) is 0.852. The maximum Gasteiger partial charge on any atom is 0.305 e. The molecule has 0 bridgehead atoms. The van der Waals surface area contributed by atoms with Gasteiger partial charge < -0.3 is 19.6 Å². The second kappa shape index (κ2) is 6.37. The zero-order chi connectivity index (χ0) is 16.3. The van der Waals surface area contributed by atoms with Crippen LogP contribution in [0.5, 0.6) is 0 Å². The van der Waals surface area contributed by atoms with Crippen molar-refractivity contribution in [2.24, 2.45) is 0 Å². The summed E-state index contributed by atoms with van der Waals surface area (Å²) in [6, 6.07) is 6.57. The van der Waals surface area contributed by atoms with E-state index in [-0.39, 0.29) is 18.8 Å². The van der Waals surface area contributed by atoms with Gasteiger partial charge >= 0.3 is 5.97 Å². The van der Waals surface area contributed by atoms with E-state index in [1.54, 1.807) is 31.2 Å². The van der Waals surface area contributed by atoms with Crippen LogP contribution >= 0.6 is 11.6 Å². The normalized spacial score (nSPS) is 13.8. The molecule has 2 N–H and O–H groups in total. The maximum absolute atomic E-state index is 12.3. The van der Waals surface area contributed by atoms with Crippen LogP contribution in [0.1, 0.15) is 23.9 Å². The molecule has 2 aromatic rings. The Morgan fingerprint density at radius 3 is 2.77 bits per heavy atom. The van der Waals surface area contributed by atoms with Gasteiger partial charge in [-0.1, -0.05) is 11.6 Å². The number of aliphatic carboxylic acids is 1. The molecule has 1 aromatic heterocycles. The van der Waals surface area contributed by atoms with Gasteiger partial charge in [-0.3, -0.25) is 9.59 Å². The SMILES string of the molecule is COCC(C)(CC(=O)O)NC(=O)c1cc2cc(Cl)ccc2o1. The summed E-state index contributed by atoms with van der Waals surface area (Å²) in [6.45, 7) is 1.67. The highest BCUT2D eigenvalue weighted by Gasteiger charge is 2.31. The van der Waals surface area contributed by atoms with Crippen molar-refractivity contribution in [2.45, 2.75) is 18.9 Å². The van der Waals surface area contributed by atoms with E-state index in [1.165, 1.54) is 7.11 Å². The van der Waals surface area contributed by atoms with E-state index in [9.17, 15) is 9.59 Å². The van der Waals surface area contributed by atoms with E-state index in [2.05, 4.69) is 5.32 Å². The fraction of sp³-hybridized carbons (Fsp3) is 0.333. The molecular weight excluding hydrogens is 310 g/mol. The molecule has 0 saturated carbocycles. The van der Waals surface area contributed by atoms with Gasteiger partial charge in [0.1, 0.15) is 5.58 Å². The Morgan fingerprint density at radius 1 is 1.41 bits per heavy atom. The van der Waals surface area contributed by atoms with Crippen LogP contribution in [0.15, 0.2) is 28.7 Å². The smallest absolute Gasteiger partial charge is 0.305 e. The number of methoxy groups -OCH3 is 1. The molecule has 2 rings (SSSR count). The average Bonchev–Trinajstić information content (AvgIpc) is 2.80. The first-order chi connectivity index (χ1) is 10.3. The van der Waals surface area contributed by atoms with Crippen LogP contribution in [0.4, 0.5) is 0 Å². The summed E-state index contributed by atoms with van der Waals surface area (Å²) in [5, 5.41) is 12.8. The van der Waals surface area contributed by atoms with Crippen LogP contribution in [0, 0.1) is 0 Å². The van der Waals surface area contributed by atoms with Crippen LogP contribution in [0.3, 0.4) is 0 Å². The Labute approximate surface area is 132 Å². The minimum absolute atomic E-state index is 0.0666. The minimum atomic E-state index is -1.03. The number of carboxylic acid groups (broad SMARTS) is 1. The lowest BCUT2D eigenvalue weighted by Crippen LogP contribution is -2.50. The van der Waals surface area contributed by atoms with Gasteiger partial charge in [0.2, 0.25) is 0 Å². The number of fused-ring (bicyclic) bond motifs is 1. The van der Waals surface area contributed by atoms with Crippen molar-refractivity contribution >= 4 is 34.4 Å². The van der Waals surface area contributed by atoms with Gasteiger partial charge in [-0.05, 0) is 31.2 Å². The molecule has 0 aliphatic rings. The largest absolute Gasteiger partial charge is 0.481 e. The van der Waals surface area contributed by atoms with Crippen molar-refractivity contribution in [3.05, 3.63) is 35.0 Å². The first kappa shape index (κ1) is 16.3. The number of carbonyl (C=O) groups is 2. The molecule has 6 nitrogen and oxygen atoms in total. The van der Waals surface area contributed by atoms with Crippen molar-refractivity contribution in [3.63, 3.8) is 0 Å². The molecule has 22 heavy (non-hydrogen) atoms. The maximum atomic E-state index is 12.3. The monoisotopic (exact) mass is 325 g/mol. The molecule has 1 aromatic carbocycles. The predicted octanol–water partition coefficient (Wildman–Crippen LogP) is 2.70. The third-order valence-corrected chi connectivity index (χ3v) is 3.36. The van der Waals surface area contributed by atoms with Crippen molar-refractivity contribution in [1.29, 1.82) is 0 Å². The summed E-state index contributed by atoms with van der Waals surface area (Å²) in [4.78, 5) is 23.2. The predicted molar refractivity (Wildman–Crippen MR) is 81.2 cm³/mol. The van der Waals surface area contributed by atoms with Crippen LogP contribution < -0.4 is 5.32 Å². The summed E-state index contributed by atoms with van der Waals surface area (Å²) in [7, 11) is 1.44. The van der Waals surface area contributed by atoms with Gasteiger partial charge in [0.25, 0.3) is 5.91 Å². The number of furan rings is 1. The molecule has 0 radical (unpaired) electrons. The molecule has 7 heteroatoms. The fourth-order valence-electron chi connectivity index (χ4n) is 2.25. The molecule has 0 fully saturated rings. The Kier molecular flexibility index (Phi) is 4.73. The van der Waals surface area contributed by atoms with Gasteiger partial charge in [0.15, 0.2) is 5.76 Å². The van der Waals surface area contributed by atoms with Crippen molar-refractivity contribution < 1.29 is 23.8 Å². The van der Waals surface area contributed by atoms with Crippen LogP contribution in [-0.2, 0) is 9.53 Å². The first-order valence-corrected chi connectivity index (χ1v) is 6.93. The second-order valence-electron chi connectivity index (χ2n) is 5.31. The van der Waals surface area contributed by atoms with Gasteiger partial charge in [-0.2, -0.15) is 0 Å². The average molecular weight is 326 g/mol. The lowest BCUT2D eigenvalue weighted by Gasteiger charge is -2.27. The summed E-state index contributed by atoms with van der Waals surface area (Å²) < 4.78 is 10.4.